The molecule has 0 spiro atoms. The summed E-state index contributed by atoms with van der Waals surface area (Å²) in [5.74, 6) is -1.26. The predicted molar refractivity (Wildman–Crippen MR) is 113 cm³/mol. The molecular weight excluding hydrogens is 406 g/mol. The lowest BCUT2D eigenvalue weighted by atomic mass is 10.1. The molecule has 1 amide bonds. The van der Waals surface area contributed by atoms with Gasteiger partial charge in [-0.2, -0.15) is 0 Å². The normalized spacial score (nSPS) is 17.8. The number of esters is 1. The van der Waals surface area contributed by atoms with Gasteiger partial charge in [0.1, 0.15) is 5.75 Å². The average molecular weight is 429 g/mol. The van der Waals surface area contributed by atoms with Crippen LogP contribution in [0, 0.1) is 5.92 Å². The smallest absolute Gasteiger partial charge is 0.307 e. The molecule has 0 fully saturated rings. The molecule has 3 rings (SSSR count). The lowest BCUT2D eigenvalue weighted by Crippen LogP contribution is -2.27. The number of rotatable bonds is 8. The lowest BCUT2D eigenvalue weighted by Gasteiger charge is -2.20. The van der Waals surface area contributed by atoms with E-state index in [2.05, 4.69) is 5.32 Å². The molecule has 30 heavy (non-hydrogen) atoms. The molecule has 1 aliphatic rings. The van der Waals surface area contributed by atoms with Crippen molar-refractivity contribution in [1.29, 1.82) is 0 Å². The maximum absolute atomic E-state index is 13.0. The van der Waals surface area contributed by atoms with E-state index in [0.717, 1.165) is 5.41 Å². The number of anilines is 1. The largest absolute Gasteiger partial charge is 0.492 e. The van der Waals surface area contributed by atoms with E-state index in [1.54, 1.807) is 54.6 Å². The van der Waals surface area contributed by atoms with Gasteiger partial charge in [-0.05, 0) is 19.1 Å². The van der Waals surface area contributed by atoms with Gasteiger partial charge in [-0.15, -0.1) is 0 Å². The summed E-state index contributed by atoms with van der Waals surface area (Å²) in [6, 6.07) is 15.6. The summed E-state index contributed by atoms with van der Waals surface area (Å²) in [6.07, 6.45) is 0.171. The van der Waals surface area contributed by atoms with Gasteiger partial charge in [0.2, 0.25) is 6.10 Å². The Morgan fingerprint density at radius 1 is 1.10 bits per heavy atom. The average Bonchev–Trinajstić information content (AvgIpc) is 3.06. The zero-order valence-corrected chi connectivity index (χ0v) is 17.3. The third-order valence-corrected chi connectivity index (χ3v) is 5.93. The van der Waals surface area contributed by atoms with Crippen molar-refractivity contribution >= 4 is 27.4 Å². The van der Waals surface area contributed by atoms with E-state index >= 15 is 0 Å². The van der Waals surface area contributed by atoms with Gasteiger partial charge >= 0.3 is 5.97 Å². The number of benzene rings is 2. The molecule has 0 aromatic heterocycles. The number of carbonyl (C=O) groups excluding carboxylic acids is 2. The summed E-state index contributed by atoms with van der Waals surface area (Å²) in [7, 11) is -3.27. The van der Waals surface area contributed by atoms with Gasteiger partial charge in [0.25, 0.3) is 5.91 Å². The van der Waals surface area contributed by atoms with E-state index in [9.17, 15) is 18.0 Å². The Hall–Kier alpha value is -3.13. The number of allylic oxidation sites excluding steroid dienone is 1. The van der Waals surface area contributed by atoms with Crippen molar-refractivity contribution in [2.24, 2.45) is 5.92 Å². The molecule has 7 nitrogen and oxygen atoms in total. The minimum absolute atomic E-state index is 0.123. The summed E-state index contributed by atoms with van der Waals surface area (Å²) in [4.78, 5) is 25.5. The first-order chi connectivity index (χ1) is 14.4. The SMILES string of the molecule is CCOc1ccccc1NC(=O)[C@H](OC(=O)C[C@@H]1C=CS(=O)(=O)C1)c1ccccc1. The molecule has 0 bridgehead atoms. The van der Waals surface area contributed by atoms with Crippen LogP contribution >= 0.6 is 0 Å². The number of hydrogen-bond donors (Lipinski definition) is 1. The molecule has 1 N–H and O–H groups in total. The Bertz CT molecular complexity index is 1030. The molecule has 0 aliphatic carbocycles. The topological polar surface area (TPSA) is 98.8 Å². The van der Waals surface area contributed by atoms with Crippen molar-refractivity contribution in [3.05, 3.63) is 71.6 Å². The first kappa shape index (κ1) is 21.6. The summed E-state index contributed by atoms with van der Waals surface area (Å²) in [6.45, 7) is 2.27. The van der Waals surface area contributed by atoms with Gasteiger partial charge < -0.3 is 14.8 Å². The van der Waals surface area contributed by atoms with Crippen molar-refractivity contribution in [3.63, 3.8) is 0 Å². The first-order valence-electron chi connectivity index (χ1n) is 9.56. The quantitative estimate of drug-likeness (QED) is 0.647. The van der Waals surface area contributed by atoms with Crippen LogP contribution in [0.5, 0.6) is 5.75 Å². The highest BCUT2D eigenvalue weighted by Crippen LogP contribution is 2.27. The van der Waals surface area contributed by atoms with Crippen molar-refractivity contribution < 1.29 is 27.5 Å². The number of ether oxygens (including phenoxy) is 2. The third kappa shape index (κ3) is 5.70. The van der Waals surface area contributed by atoms with Crippen molar-refractivity contribution in [1.82, 2.24) is 0 Å². The van der Waals surface area contributed by atoms with E-state index in [1.165, 1.54) is 6.08 Å². The minimum Gasteiger partial charge on any atom is -0.492 e. The van der Waals surface area contributed by atoms with Crippen LogP contribution in [0.15, 0.2) is 66.1 Å². The molecule has 2 aromatic rings. The molecule has 0 unspecified atom stereocenters. The number of para-hydroxylation sites is 2. The third-order valence-electron chi connectivity index (χ3n) is 4.47. The Labute approximate surface area is 175 Å². The maximum atomic E-state index is 13.0. The van der Waals surface area contributed by atoms with Crippen LogP contribution in [0.25, 0.3) is 0 Å². The van der Waals surface area contributed by atoms with Crippen molar-refractivity contribution in [3.8, 4) is 5.75 Å². The van der Waals surface area contributed by atoms with Crippen LogP contribution in [-0.2, 0) is 24.2 Å². The van der Waals surface area contributed by atoms with Crippen molar-refractivity contribution in [2.45, 2.75) is 19.4 Å². The van der Waals surface area contributed by atoms with E-state index < -0.39 is 33.7 Å². The van der Waals surface area contributed by atoms with Gasteiger partial charge in [0, 0.05) is 16.9 Å². The number of hydrogen-bond acceptors (Lipinski definition) is 6. The highest BCUT2D eigenvalue weighted by atomic mass is 32.2. The molecule has 158 valence electrons. The summed E-state index contributed by atoms with van der Waals surface area (Å²) in [5, 5.41) is 3.86. The minimum atomic E-state index is -3.27. The summed E-state index contributed by atoms with van der Waals surface area (Å²) in [5.41, 5.74) is 0.970. The fourth-order valence-electron chi connectivity index (χ4n) is 3.11. The van der Waals surface area contributed by atoms with Crippen LogP contribution in [0.2, 0.25) is 0 Å². The van der Waals surface area contributed by atoms with Crippen LogP contribution in [-0.4, -0.2) is 32.7 Å². The lowest BCUT2D eigenvalue weighted by molar-refractivity contribution is -0.155. The second-order valence-electron chi connectivity index (χ2n) is 6.82. The molecule has 2 aromatic carbocycles. The van der Waals surface area contributed by atoms with Gasteiger partial charge in [0.15, 0.2) is 9.84 Å². The molecule has 2 atom stereocenters. The fourth-order valence-corrected chi connectivity index (χ4v) is 4.51. The molecule has 0 saturated carbocycles. The second kappa shape index (κ2) is 9.58. The van der Waals surface area contributed by atoms with Gasteiger partial charge in [0.05, 0.1) is 24.5 Å². The molecular formula is C22H23NO6S. The van der Waals surface area contributed by atoms with Crippen LogP contribution in [0.4, 0.5) is 5.69 Å². The van der Waals surface area contributed by atoms with Crippen LogP contribution in [0.1, 0.15) is 25.0 Å². The maximum Gasteiger partial charge on any atom is 0.307 e. The Kier molecular flexibility index (Phi) is 6.89. The van der Waals surface area contributed by atoms with E-state index in [4.69, 9.17) is 9.47 Å². The zero-order valence-electron chi connectivity index (χ0n) is 16.5. The highest BCUT2D eigenvalue weighted by Gasteiger charge is 2.29. The Morgan fingerprint density at radius 3 is 2.47 bits per heavy atom. The Morgan fingerprint density at radius 2 is 1.80 bits per heavy atom. The Balaban J connectivity index is 1.75. The number of nitrogens with one attached hydrogen (secondary N) is 1. The van der Waals surface area contributed by atoms with Gasteiger partial charge in [-0.25, -0.2) is 8.42 Å². The summed E-state index contributed by atoms with van der Waals surface area (Å²) < 4.78 is 34.1. The van der Waals surface area contributed by atoms with E-state index in [1.807, 2.05) is 6.92 Å². The van der Waals surface area contributed by atoms with Crippen molar-refractivity contribution in [2.75, 3.05) is 17.7 Å². The van der Waals surface area contributed by atoms with E-state index in [-0.39, 0.29) is 12.2 Å². The van der Waals surface area contributed by atoms with Crippen LogP contribution < -0.4 is 10.1 Å². The monoisotopic (exact) mass is 429 g/mol. The zero-order chi connectivity index (χ0) is 21.6. The van der Waals surface area contributed by atoms with Gasteiger partial charge in [-0.1, -0.05) is 48.5 Å². The predicted octanol–water partition coefficient (Wildman–Crippen LogP) is 3.26. The fraction of sp³-hybridized carbons (Fsp3) is 0.273. The molecule has 1 aliphatic heterocycles. The summed E-state index contributed by atoms with van der Waals surface area (Å²) >= 11 is 0. The standard InChI is InChI=1S/C22H23NO6S/c1-2-28-19-11-7-6-10-18(19)23-22(25)21(17-8-4-3-5-9-17)29-20(24)14-16-12-13-30(26,27)15-16/h3-13,16,21H,2,14-15H2,1H3,(H,23,25)/t16-,21+/m0/s1. The number of carbonyl (C=O) groups is 2. The molecule has 0 radical (unpaired) electrons. The van der Waals surface area contributed by atoms with Crippen LogP contribution in [0.3, 0.4) is 0 Å². The second-order valence-corrected chi connectivity index (χ2v) is 8.75. The number of amides is 1. The van der Waals surface area contributed by atoms with Gasteiger partial charge in [-0.3, -0.25) is 9.59 Å². The molecule has 8 heteroatoms. The first-order valence-corrected chi connectivity index (χ1v) is 11.3. The van der Waals surface area contributed by atoms with E-state index in [0.29, 0.717) is 23.6 Å². The molecule has 1 heterocycles. The number of sulfone groups is 1. The molecule has 0 saturated heterocycles. The highest BCUT2D eigenvalue weighted by molar-refractivity contribution is 7.94.